The molecule has 1 saturated carbocycles. The molecule has 1 amide bonds. The molecule has 1 aromatic rings. The fourth-order valence-electron chi connectivity index (χ4n) is 3.25. The molecule has 1 aromatic heterocycles. The molecular weight excluding hydrogens is 346 g/mol. The van der Waals surface area contributed by atoms with E-state index in [9.17, 15) is 4.79 Å². The molecule has 9 nitrogen and oxygen atoms in total. The molecule has 0 spiro atoms. The summed E-state index contributed by atoms with van der Waals surface area (Å²) in [5.41, 5.74) is 7.98. The van der Waals surface area contributed by atoms with Gasteiger partial charge in [-0.05, 0) is 39.5 Å². The van der Waals surface area contributed by atoms with Gasteiger partial charge in [-0.3, -0.25) is 10.1 Å². The standard InChI is InChI=1S/C18H31N7O2/c1-6-15(25(5)20-4)17(19)22-16-10-14(23-24-16)12-7-8-13(9-12)27-18(26)21-11(2)3/h10-13H,4,6-9,19H2,1-3,5H3,(H,21,26)(H2,22,23,24)/b17-15-. The number of allylic oxidation sites excluding steroid dienone is 1. The van der Waals surface area contributed by atoms with Gasteiger partial charge >= 0.3 is 6.09 Å². The number of aromatic amines is 1. The van der Waals surface area contributed by atoms with E-state index in [-0.39, 0.29) is 24.2 Å². The molecule has 150 valence electrons. The van der Waals surface area contributed by atoms with Crippen LogP contribution in [0.2, 0.25) is 0 Å². The van der Waals surface area contributed by atoms with Crippen LogP contribution in [0.3, 0.4) is 0 Å². The third kappa shape index (κ3) is 5.63. The van der Waals surface area contributed by atoms with Crippen molar-refractivity contribution in [2.75, 3.05) is 12.4 Å². The number of nitrogens with one attached hydrogen (secondary N) is 3. The molecule has 2 rings (SSSR count). The van der Waals surface area contributed by atoms with Crippen molar-refractivity contribution in [1.82, 2.24) is 20.5 Å². The van der Waals surface area contributed by atoms with Gasteiger partial charge in [-0.15, -0.1) is 0 Å². The number of carbonyl (C=O) groups is 1. The molecule has 9 heteroatoms. The summed E-state index contributed by atoms with van der Waals surface area (Å²) >= 11 is 0. The number of alkyl carbamates (subject to hydrolysis) is 1. The number of aromatic nitrogens is 2. The lowest BCUT2D eigenvalue weighted by molar-refractivity contribution is 0.0981. The predicted molar refractivity (Wildman–Crippen MR) is 106 cm³/mol. The Morgan fingerprint density at radius 3 is 2.93 bits per heavy atom. The van der Waals surface area contributed by atoms with Crippen molar-refractivity contribution in [2.45, 2.75) is 64.5 Å². The van der Waals surface area contributed by atoms with E-state index < -0.39 is 0 Å². The molecular formula is C18H31N7O2. The van der Waals surface area contributed by atoms with Crippen LogP contribution in [-0.4, -0.2) is 47.2 Å². The molecule has 2 unspecified atom stereocenters. The number of amides is 1. The molecule has 1 aliphatic rings. The molecule has 0 aliphatic heterocycles. The Balaban J connectivity index is 1.95. The van der Waals surface area contributed by atoms with Crippen LogP contribution in [0, 0.1) is 0 Å². The van der Waals surface area contributed by atoms with Crippen LogP contribution in [0.1, 0.15) is 58.1 Å². The minimum Gasteiger partial charge on any atom is -0.446 e. The number of H-pyrrole nitrogens is 1. The summed E-state index contributed by atoms with van der Waals surface area (Å²) < 4.78 is 5.48. The number of nitrogens with two attached hydrogens (primary N) is 1. The van der Waals surface area contributed by atoms with E-state index in [2.05, 4.69) is 32.6 Å². The van der Waals surface area contributed by atoms with Crippen LogP contribution in [0.5, 0.6) is 0 Å². The third-order valence-electron chi connectivity index (χ3n) is 4.61. The van der Waals surface area contributed by atoms with E-state index in [1.165, 1.54) is 0 Å². The van der Waals surface area contributed by atoms with Crippen LogP contribution < -0.4 is 16.4 Å². The normalized spacial score (nSPS) is 20.2. The van der Waals surface area contributed by atoms with Crippen molar-refractivity contribution in [3.05, 3.63) is 23.3 Å². The zero-order valence-corrected chi connectivity index (χ0v) is 16.6. The van der Waals surface area contributed by atoms with Gasteiger partial charge in [0.25, 0.3) is 0 Å². The van der Waals surface area contributed by atoms with Crippen molar-refractivity contribution < 1.29 is 9.53 Å². The Labute approximate surface area is 160 Å². The molecule has 0 saturated heterocycles. The van der Waals surface area contributed by atoms with Crippen molar-refractivity contribution >= 4 is 18.6 Å². The lowest BCUT2D eigenvalue weighted by Gasteiger charge is -2.18. The van der Waals surface area contributed by atoms with Gasteiger partial charge in [0, 0.05) is 37.5 Å². The highest BCUT2D eigenvalue weighted by atomic mass is 16.6. The van der Waals surface area contributed by atoms with Crippen molar-refractivity contribution in [2.24, 2.45) is 10.8 Å². The monoisotopic (exact) mass is 377 g/mol. The first-order valence-corrected chi connectivity index (χ1v) is 9.32. The fourth-order valence-corrected chi connectivity index (χ4v) is 3.25. The summed E-state index contributed by atoms with van der Waals surface area (Å²) in [6.07, 6.45) is 2.85. The number of hydrogen-bond acceptors (Lipinski definition) is 7. The van der Waals surface area contributed by atoms with Gasteiger partial charge in [0.2, 0.25) is 0 Å². The van der Waals surface area contributed by atoms with Gasteiger partial charge in [-0.2, -0.15) is 10.2 Å². The highest BCUT2D eigenvalue weighted by Gasteiger charge is 2.30. The number of rotatable bonds is 8. The zero-order valence-electron chi connectivity index (χ0n) is 16.6. The minimum absolute atomic E-state index is 0.0674. The van der Waals surface area contributed by atoms with Crippen LogP contribution >= 0.6 is 0 Å². The molecule has 2 atom stereocenters. The summed E-state index contributed by atoms with van der Waals surface area (Å²) in [4.78, 5) is 11.8. The first-order valence-electron chi connectivity index (χ1n) is 9.32. The number of nitrogens with zero attached hydrogens (tertiary/aromatic N) is 3. The van der Waals surface area contributed by atoms with Crippen molar-refractivity contribution in [3.8, 4) is 0 Å². The molecule has 0 radical (unpaired) electrons. The van der Waals surface area contributed by atoms with Gasteiger partial charge in [-0.1, -0.05) is 6.92 Å². The first kappa shape index (κ1) is 20.6. The van der Waals surface area contributed by atoms with Gasteiger partial charge in [0.05, 0.1) is 5.70 Å². The molecule has 0 bridgehead atoms. The SMILES string of the molecule is C=NN(C)/C(CC)=C(/N)Nc1cc(C2CCC(OC(=O)NC(C)C)C2)[nH]n1. The van der Waals surface area contributed by atoms with Gasteiger partial charge in [-0.25, -0.2) is 4.79 Å². The summed E-state index contributed by atoms with van der Waals surface area (Å²) in [6, 6.07) is 2.01. The average Bonchev–Trinajstić information content (AvgIpc) is 3.23. The quantitative estimate of drug-likeness (QED) is 0.408. The minimum atomic E-state index is -0.354. The molecule has 5 N–H and O–H groups in total. The lowest BCUT2D eigenvalue weighted by atomic mass is 10.0. The highest BCUT2D eigenvalue weighted by molar-refractivity contribution is 5.67. The Morgan fingerprint density at radius 2 is 2.30 bits per heavy atom. The van der Waals surface area contributed by atoms with E-state index in [1.807, 2.05) is 26.8 Å². The Morgan fingerprint density at radius 1 is 1.56 bits per heavy atom. The van der Waals surface area contributed by atoms with Gasteiger partial charge in [0.1, 0.15) is 11.9 Å². The largest absolute Gasteiger partial charge is 0.446 e. The Kier molecular flexibility index (Phi) is 7.09. The number of hydrazone groups is 1. The summed E-state index contributed by atoms with van der Waals surface area (Å²) in [6.45, 7) is 9.33. The van der Waals surface area contributed by atoms with Crippen molar-refractivity contribution in [3.63, 3.8) is 0 Å². The maximum absolute atomic E-state index is 11.8. The second-order valence-electron chi connectivity index (χ2n) is 7.05. The molecule has 0 aromatic carbocycles. The van der Waals surface area contributed by atoms with Crippen LogP contribution in [0.25, 0.3) is 0 Å². The average molecular weight is 377 g/mol. The number of carbonyl (C=O) groups excluding carboxylic acids is 1. The second kappa shape index (κ2) is 9.29. The van der Waals surface area contributed by atoms with E-state index >= 15 is 0 Å². The molecule has 1 aliphatic carbocycles. The maximum atomic E-state index is 11.8. The number of ether oxygens (including phenoxy) is 1. The maximum Gasteiger partial charge on any atom is 0.407 e. The number of hydrogen-bond donors (Lipinski definition) is 4. The van der Waals surface area contributed by atoms with Gasteiger partial charge < -0.3 is 21.1 Å². The van der Waals surface area contributed by atoms with E-state index in [1.54, 1.807) is 12.1 Å². The predicted octanol–water partition coefficient (Wildman–Crippen LogP) is 2.68. The topological polar surface area (TPSA) is 121 Å². The summed E-state index contributed by atoms with van der Waals surface area (Å²) in [5, 5.41) is 18.7. The number of anilines is 1. The van der Waals surface area contributed by atoms with Crippen LogP contribution in [0.15, 0.2) is 22.7 Å². The Bertz CT molecular complexity index is 683. The van der Waals surface area contributed by atoms with E-state index in [0.717, 1.165) is 30.7 Å². The van der Waals surface area contributed by atoms with E-state index in [4.69, 9.17) is 10.5 Å². The molecule has 1 heterocycles. The van der Waals surface area contributed by atoms with Crippen LogP contribution in [0.4, 0.5) is 10.6 Å². The Hall–Kier alpha value is -2.71. The van der Waals surface area contributed by atoms with Crippen LogP contribution in [-0.2, 0) is 4.74 Å². The third-order valence-corrected chi connectivity index (χ3v) is 4.61. The lowest BCUT2D eigenvalue weighted by Crippen LogP contribution is -2.33. The highest BCUT2D eigenvalue weighted by Crippen LogP contribution is 2.35. The fraction of sp³-hybridized carbons (Fsp3) is 0.611. The zero-order chi connectivity index (χ0) is 20.0. The second-order valence-corrected chi connectivity index (χ2v) is 7.05. The first-order chi connectivity index (χ1) is 12.8. The van der Waals surface area contributed by atoms with Crippen molar-refractivity contribution in [1.29, 1.82) is 0 Å². The van der Waals surface area contributed by atoms with E-state index in [0.29, 0.717) is 18.1 Å². The smallest absolute Gasteiger partial charge is 0.407 e. The van der Waals surface area contributed by atoms with Gasteiger partial charge in [0.15, 0.2) is 5.82 Å². The molecule has 27 heavy (non-hydrogen) atoms. The summed E-state index contributed by atoms with van der Waals surface area (Å²) in [5.74, 6) is 1.41. The summed E-state index contributed by atoms with van der Waals surface area (Å²) in [7, 11) is 1.80. The molecule has 1 fully saturated rings.